The van der Waals surface area contributed by atoms with E-state index < -0.39 is 9.84 Å². The molecule has 0 fully saturated rings. The molecule has 0 bridgehead atoms. The fraction of sp³-hybridized carbons (Fsp3) is 0.300. The lowest BCUT2D eigenvalue weighted by Gasteiger charge is -1.99. The molecule has 0 saturated carbocycles. The van der Waals surface area contributed by atoms with Crippen molar-refractivity contribution in [2.45, 2.75) is 12.7 Å². The summed E-state index contributed by atoms with van der Waals surface area (Å²) >= 11 is 3.31. The van der Waals surface area contributed by atoms with Gasteiger partial charge in [-0.3, -0.25) is 4.40 Å². The van der Waals surface area contributed by atoms with E-state index in [9.17, 15) is 8.42 Å². The molecule has 6 heteroatoms. The first-order chi connectivity index (χ1) is 7.37. The SMILES string of the molecule is Cc1ccn2c(Br)nc(CS(C)(=O)=O)c2c1. The first-order valence-corrected chi connectivity index (χ1v) is 7.53. The van der Waals surface area contributed by atoms with Crippen molar-refractivity contribution in [2.75, 3.05) is 6.26 Å². The second-order valence-corrected chi connectivity index (χ2v) is 6.71. The van der Waals surface area contributed by atoms with E-state index in [-0.39, 0.29) is 5.75 Å². The van der Waals surface area contributed by atoms with Crippen LogP contribution in [0.1, 0.15) is 11.3 Å². The lowest BCUT2D eigenvalue weighted by molar-refractivity contribution is 0.600. The number of pyridine rings is 1. The van der Waals surface area contributed by atoms with Gasteiger partial charge in [-0.05, 0) is 40.5 Å². The zero-order valence-electron chi connectivity index (χ0n) is 8.94. The Morgan fingerprint density at radius 2 is 2.19 bits per heavy atom. The second-order valence-electron chi connectivity index (χ2n) is 3.86. The molecule has 86 valence electrons. The van der Waals surface area contributed by atoms with Crippen molar-refractivity contribution < 1.29 is 8.42 Å². The zero-order valence-corrected chi connectivity index (χ0v) is 11.3. The first kappa shape index (κ1) is 11.6. The van der Waals surface area contributed by atoms with Gasteiger partial charge >= 0.3 is 0 Å². The van der Waals surface area contributed by atoms with Crippen LogP contribution >= 0.6 is 15.9 Å². The van der Waals surface area contributed by atoms with Crippen LogP contribution in [0.5, 0.6) is 0 Å². The van der Waals surface area contributed by atoms with Gasteiger partial charge in [-0.2, -0.15) is 0 Å². The Labute approximate surface area is 102 Å². The van der Waals surface area contributed by atoms with Crippen molar-refractivity contribution in [3.63, 3.8) is 0 Å². The number of aromatic nitrogens is 2. The number of sulfone groups is 1. The average molecular weight is 303 g/mol. The van der Waals surface area contributed by atoms with E-state index >= 15 is 0 Å². The van der Waals surface area contributed by atoms with Gasteiger partial charge < -0.3 is 0 Å². The van der Waals surface area contributed by atoms with Gasteiger partial charge in [0, 0.05) is 12.5 Å². The van der Waals surface area contributed by atoms with Crippen molar-refractivity contribution >= 4 is 31.3 Å². The van der Waals surface area contributed by atoms with Crippen molar-refractivity contribution in [3.8, 4) is 0 Å². The zero-order chi connectivity index (χ0) is 11.9. The minimum atomic E-state index is -3.06. The number of hydrogen-bond acceptors (Lipinski definition) is 3. The summed E-state index contributed by atoms with van der Waals surface area (Å²) in [6.45, 7) is 1.96. The van der Waals surface area contributed by atoms with Crippen molar-refractivity contribution in [1.29, 1.82) is 0 Å². The maximum atomic E-state index is 11.3. The number of halogens is 1. The molecular weight excluding hydrogens is 292 g/mol. The Bertz CT molecular complexity index is 646. The molecule has 4 nitrogen and oxygen atoms in total. The summed E-state index contributed by atoms with van der Waals surface area (Å²) in [5.74, 6) is -0.0362. The van der Waals surface area contributed by atoms with Crippen LogP contribution in [0.4, 0.5) is 0 Å². The minimum absolute atomic E-state index is 0.0362. The standard InChI is InChI=1S/C10H11BrN2O2S/c1-7-3-4-13-9(5-7)8(12-10(13)11)6-16(2,14)15/h3-5H,6H2,1-2H3. The van der Waals surface area contributed by atoms with E-state index in [2.05, 4.69) is 20.9 Å². The Hall–Kier alpha value is -0.880. The molecule has 2 rings (SSSR count). The molecule has 16 heavy (non-hydrogen) atoms. The number of fused-ring (bicyclic) bond motifs is 1. The van der Waals surface area contributed by atoms with E-state index in [4.69, 9.17) is 0 Å². The average Bonchev–Trinajstić information content (AvgIpc) is 2.40. The van der Waals surface area contributed by atoms with E-state index in [1.807, 2.05) is 29.7 Å². The van der Waals surface area contributed by atoms with E-state index in [1.165, 1.54) is 6.26 Å². The van der Waals surface area contributed by atoms with Crippen molar-refractivity contribution in [3.05, 3.63) is 34.3 Å². The maximum absolute atomic E-state index is 11.3. The third kappa shape index (κ3) is 2.27. The van der Waals surface area contributed by atoms with Crippen LogP contribution in [0.15, 0.2) is 23.1 Å². The summed E-state index contributed by atoms with van der Waals surface area (Å²) in [6.07, 6.45) is 3.08. The number of imidazole rings is 1. The Morgan fingerprint density at radius 1 is 1.50 bits per heavy atom. The molecule has 0 amide bonds. The van der Waals surface area contributed by atoms with Gasteiger partial charge in [0.2, 0.25) is 0 Å². The highest BCUT2D eigenvalue weighted by Gasteiger charge is 2.13. The van der Waals surface area contributed by atoms with Crippen LogP contribution in [0.25, 0.3) is 5.52 Å². The van der Waals surface area contributed by atoms with Crippen molar-refractivity contribution in [1.82, 2.24) is 9.38 Å². The number of nitrogens with zero attached hydrogens (tertiary/aromatic N) is 2. The summed E-state index contributed by atoms with van der Waals surface area (Å²) in [6, 6.07) is 3.88. The lowest BCUT2D eigenvalue weighted by atomic mass is 10.2. The summed E-state index contributed by atoms with van der Waals surface area (Å²) in [5, 5.41) is 0. The third-order valence-electron chi connectivity index (χ3n) is 2.23. The van der Waals surface area contributed by atoms with E-state index in [1.54, 1.807) is 0 Å². The van der Waals surface area contributed by atoms with Crippen LogP contribution in [-0.4, -0.2) is 24.1 Å². The fourth-order valence-electron chi connectivity index (χ4n) is 1.57. The normalized spacial score (nSPS) is 12.2. The molecule has 0 radical (unpaired) electrons. The quantitative estimate of drug-likeness (QED) is 0.852. The summed E-state index contributed by atoms with van der Waals surface area (Å²) in [7, 11) is -3.06. The third-order valence-corrected chi connectivity index (χ3v) is 3.59. The molecular formula is C10H11BrN2O2S. The molecule has 0 aliphatic rings. The highest BCUT2D eigenvalue weighted by Crippen LogP contribution is 2.20. The van der Waals surface area contributed by atoms with Crippen LogP contribution < -0.4 is 0 Å². The molecule has 0 aliphatic heterocycles. The number of hydrogen-bond donors (Lipinski definition) is 0. The Morgan fingerprint density at radius 3 is 2.81 bits per heavy atom. The summed E-state index contributed by atoms with van der Waals surface area (Å²) < 4.78 is 25.0. The van der Waals surface area contributed by atoms with E-state index in [0.717, 1.165) is 11.1 Å². The molecule has 0 aliphatic carbocycles. The van der Waals surface area contributed by atoms with Gasteiger partial charge in [0.05, 0.1) is 17.0 Å². The number of aryl methyl sites for hydroxylation is 1. The van der Waals surface area contributed by atoms with Gasteiger partial charge in [-0.1, -0.05) is 0 Å². The fourth-order valence-corrected chi connectivity index (χ4v) is 2.80. The molecule has 0 N–H and O–H groups in total. The van der Waals surface area contributed by atoms with Crippen LogP contribution in [0.2, 0.25) is 0 Å². The Kier molecular flexibility index (Phi) is 2.79. The predicted molar refractivity (Wildman–Crippen MR) is 66.2 cm³/mol. The second kappa shape index (κ2) is 3.85. The van der Waals surface area contributed by atoms with Gasteiger partial charge in [0.25, 0.3) is 0 Å². The molecule has 0 saturated heterocycles. The van der Waals surface area contributed by atoms with Gasteiger partial charge in [-0.25, -0.2) is 13.4 Å². The highest BCUT2D eigenvalue weighted by molar-refractivity contribution is 9.10. The van der Waals surface area contributed by atoms with Gasteiger partial charge in [-0.15, -0.1) is 0 Å². The summed E-state index contributed by atoms with van der Waals surface area (Å²) in [5.41, 5.74) is 2.49. The predicted octanol–water partition coefficient (Wildman–Crippen LogP) is 1.95. The first-order valence-electron chi connectivity index (χ1n) is 4.67. The molecule has 0 unspecified atom stereocenters. The highest BCUT2D eigenvalue weighted by atomic mass is 79.9. The summed E-state index contributed by atoms with van der Waals surface area (Å²) in [4.78, 5) is 4.22. The molecule has 2 aromatic rings. The van der Waals surface area contributed by atoms with Crippen LogP contribution in [0, 0.1) is 6.92 Å². The van der Waals surface area contributed by atoms with E-state index in [0.29, 0.717) is 10.4 Å². The molecule has 2 heterocycles. The molecule has 0 aromatic carbocycles. The van der Waals surface area contributed by atoms with Crippen LogP contribution in [-0.2, 0) is 15.6 Å². The smallest absolute Gasteiger partial charge is 0.182 e. The largest absolute Gasteiger partial charge is 0.294 e. The minimum Gasteiger partial charge on any atom is -0.294 e. The van der Waals surface area contributed by atoms with Gasteiger partial charge in [0.15, 0.2) is 14.6 Å². The van der Waals surface area contributed by atoms with Gasteiger partial charge in [0.1, 0.15) is 0 Å². The maximum Gasteiger partial charge on any atom is 0.182 e. The van der Waals surface area contributed by atoms with Crippen LogP contribution in [0.3, 0.4) is 0 Å². The number of rotatable bonds is 2. The molecule has 0 atom stereocenters. The Balaban J connectivity index is 2.66. The lowest BCUT2D eigenvalue weighted by Crippen LogP contribution is -2.01. The monoisotopic (exact) mass is 302 g/mol. The molecule has 2 aromatic heterocycles. The molecule has 0 spiro atoms. The van der Waals surface area contributed by atoms with Crippen molar-refractivity contribution in [2.24, 2.45) is 0 Å². The topological polar surface area (TPSA) is 51.4 Å².